The number of benzene rings is 2. The van der Waals surface area contributed by atoms with Crippen LogP contribution in [0.5, 0.6) is 0 Å². The third-order valence-electron chi connectivity index (χ3n) is 7.30. The van der Waals surface area contributed by atoms with Gasteiger partial charge in [-0.2, -0.15) is 18.3 Å². The molecule has 39 heavy (non-hydrogen) atoms. The van der Waals surface area contributed by atoms with Gasteiger partial charge in [0.1, 0.15) is 0 Å². The Labute approximate surface area is 225 Å². The number of amides is 2. The molecule has 2 amide bonds. The van der Waals surface area contributed by atoms with E-state index in [1.54, 1.807) is 17.8 Å². The van der Waals surface area contributed by atoms with Gasteiger partial charge in [-0.15, -0.1) is 0 Å². The summed E-state index contributed by atoms with van der Waals surface area (Å²) >= 11 is 0. The molecule has 2 aromatic heterocycles. The number of fused-ring (bicyclic) bond motifs is 1. The maximum Gasteiger partial charge on any atom is 0.416 e. The van der Waals surface area contributed by atoms with Gasteiger partial charge >= 0.3 is 12.2 Å². The molecule has 2 aromatic carbocycles. The van der Waals surface area contributed by atoms with Crippen molar-refractivity contribution in [1.82, 2.24) is 19.7 Å². The molecular formula is C29H31F3N6O. The molecule has 204 valence electrons. The van der Waals surface area contributed by atoms with Crippen molar-refractivity contribution in [2.24, 2.45) is 13.0 Å². The number of alkyl halides is 3. The molecule has 0 unspecified atom stereocenters. The third kappa shape index (κ3) is 6.22. The molecule has 0 bridgehead atoms. The SMILES string of the molecule is Cc1cc2ccc(-c3cc(NC(=O)Nc4ccc(CC5CCN(C)CC5)c(C(F)(F)F)c4)nn3C)cc2cn1. The molecular weight excluding hydrogens is 505 g/mol. The number of anilines is 2. The minimum Gasteiger partial charge on any atom is -0.308 e. The average Bonchev–Trinajstić information content (AvgIpc) is 3.24. The molecule has 1 aliphatic rings. The van der Waals surface area contributed by atoms with Crippen LogP contribution in [0.25, 0.3) is 22.0 Å². The number of halogens is 3. The molecule has 1 fully saturated rings. The van der Waals surface area contributed by atoms with Crippen molar-refractivity contribution in [3.8, 4) is 11.3 Å². The first-order chi connectivity index (χ1) is 18.5. The summed E-state index contributed by atoms with van der Waals surface area (Å²) in [7, 11) is 3.78. The number of piperidine rings is 1. The molecule has 0 saturated carbocycles. The highest BCUT2D eigenvalue weighted by molar-refractivity contribution is 5.99. The first-order valence-corrected chi connectivity index (χ1v) is 12.9. The van der Waals surface area contributed by atoms with Crippen LogP contribution in [0.15, 0.2) is 54.7 Å². The van der Waals surface area contributed by atoms with E-state index >= 15 is 0 Å². The summed E-state index contributed by atoms with van der Waals surface area (Å²) in [6.07, 6.45) is -0.587. The summed E-state index contributed by atoms with van der Waals surface area (Å²) in [6.45, 7) is 3.71. The first kappa shape index (κ1) is 26.7. The number of aryl methyl sites for hydroxylation is 2. The van der Waals surface area contributed by atoms with E-state index in [0.29, 0.717) is 6.42 Å². The van der Waals surface area contributed by atoms with Crippen LogP contribution in [0, 0.1) is 12.8 Å². The zero-order chi connectivity index (χ0) is 27.7. The highest BCUT2D eigenvalue weighted by Gasteiger charge is 2.34. The van der Waals surface area contributed by atoms with Gasteiger partial charge in [-0.25, -0.2) is 4.79 Å². The van der Waals surface area contributed by atoms with Gasteiger partial charge in [0.05, 0.1) is 11.3 Å². The number of likely N-dealkylation sites (tertiary alicyclic amines) is 1. The molecule has 1 aliphatic heterocycles. The fourth-order valence-electron chi connectivity index (χ4n) is 5.16. The van der Waals surface area contributed by atoms with Gasteiger partial charge in [0.15, 0.2) is 5.82 Å². The first-order valence-electron chi connectivity index (χ1n) is 12.9. The molecule has 0 spiro atoms. The fourth-order valence-corrected chi connectivity index (χ4v) is 5.16. The minimum absolute atomic E-state index is 0.0698. The molecule has 10 heteroatoms. The van der Waals surface area contributed by atoms with Gasteiger partial charge in [-0.1, -0.05) is 18.2 Å². The van der Waals surface area contributed by atoms with Crippen LogP contribution in [0.1, 0.15) is 29.7 Å². The predicted octanol–water partition coefficient (Wildman–Crippen LogP) is 6.49. The largest absolute Gasteiger partial charge is 0.416 e. The topological polar surface area (TPSA) is 75.1 Å². The van der Waals surface area contributed by atoms with E-state index < -0.39 is 17.8 Å². The highest BCUT2D eigenvalue weighted by Crippen LogP contribution is 2.36. The summed E-state index contributed by atoms with van der Waals surface area (Å²) < 4.78 is 43.3. The van der Waals surface area contributed by atoms with E-state index in [1.807, 2.05) is 44.4 Å². The monoisotopic (exact) mass is 536 g/mol. The number of carbonyl (C=O) groups is 1. The minimum atomic E-state index is -4.51. The Morgan fingerprint density at radius 2 is 1.77 bits per heavy atom. The van der Waals surface area contributed by atoms with Gasteiger partial charge in [0.2, 0.25) is 0 Å². The number of nitrogens with zero attached hydrogens (tertiary/aromatic N) is 4. The second kappa shape index (κ2) is 10.7. The smallest absolute Gasteiger partial charge is 0.308 e. The molecule has 0 aliphatic carbocycles. The normalized spacial score (nSPS) is 15.0. The van der Waals surface area contributed by atoms with Crippen LogP contribution in [-0.4, -0.2) is 45.8 Å². The molecule has 3 heterocycles. The van der Waals surface area contributed by atoms with Gasteiger partial charge < -0.3 is 10.2 Å². The number of hydrogen-bond donors (Lipinski definition) is 2. The lowest BCUT2D eigenvalue weighted by atomic mass is 9.88. The van der Waals surface area contributed by atoms with Gasteiger partial charge in [-0.3, -0.25) is 15.0 Å². The van der Waals surface area contributed by atoms with E-state index in [0.717, 1.165) is 59.7 Å². The number of nitrogens with one attached hydrogen (secondary N) is 2. The summed E-state index contributed by atoms with van der Waals surface area (Å²) in [5.41, 5.74) is 2.22. The maximum atomic E-state index is 13.9. The van der Waals surface area contributed by atoms with Crippen molar-refractivity contribution < 1.29 is 18.0 Å². The van der Waals surface area contributed by atoms with Crippen LogP contribution in [0.4, 0.5) is 29.5 Å². The highest BCUT2D eigenvalue weighted by atomic mass is 19.4. The molecule has 5 rings (SSSR count). The summed E-state index contributed by atoms with van der Waals surface area (Å²) in [5.74, 6) is 0.493. The number of carbonyl (C=O) groups excluding carboxylic acids is 1. The zero-order valence-corrected chi connectivity index (χ0v) is 22.1. The van der Waals surface area contributed by atoms with Gasteiger partial charge in [-0.05, 0) is 87.5 Å². The Morgan fingerprint density at radius 3 is 2.51 bits per heavy atom. The number of rotatable bonds is 5. The number of urea groups is 1. The molecule has 0 atom stereocenters. The Hall–Kier alpha value is -3.92. The third-order valence-corrected chi connectivity index (χ3v) is 7.30. The van der Waals surface area contributed by atoms with E-state index in [9.17, 15) is 18.0 Å². The summed E-state index contributed by atoms with van der Waals surface area (Å²) in [6, 6.07) is 13.0. The molecule has 7 nitrogen and oxygen atoms in total. The maximum absolute atomic E-state index is 13.9. The zero-order valence-electron chi connectivity index (χ0n) is 22.1. The van der Waals surface area contributed by atoms with E-state index in [4.69, 9.17) is 0 Å². The van der Waals surface area contributed by atoms with E-state index in [2.05, 4.69) is 25.6 Å². The Morgan fingerprint density at radius 1 is 1.00 bits per heavy atom. The fraction of sp³-hybridized carbons (Fsp3) is 0.345. The van der Waals surface area contributed by atoms with Crippen LogP contribution < -0.4 is 10.6 Å². The standard InChI is InChI=1S/C29H31F3N6O/c1-18-12-20-4-5-22(14-23(20)17-33-18)26-16-27(36-38(26)3)35-28(39)34-24-7-6-21(25(15-24)29(30,31)32)13-19-8-10-37(2)11-9-19/h4-7,12,14-17,19H,8-11,13H2,1-3H3,(H2,34,35,36,39). The van der Waals surface area contributed by atoms with Crippen molar-refractivity contribution in [1.29, 1.82) is 0 Å². The van der Waals surface area contributed by atoms with Crippen molar-refractivity contribution in [3.05, 3.63) is 71.5 Å². The van der Waals surface area contributed by atoms with E-state index in [-0.39, 0.29) is 23.0 Å². The van der Waals surface area contributed by atoms with Crippen LogP contribution >= 0.6 is 0 Å². The van der Waals surface area contributed by atoms with Gasteiger partial charge in [0, 0.05) is 41.6 Å². The molecule has 2 N–H and O–H groups in total. The summed E-state index contributed by atoms with van der Waals surface area (Å²) in [4.78, 5) is 19.2. The van der Waals surface area contributed by atoms with Crippen molar-refractivity contribution in [2.45, 2.75) is 32.4 Å². The summed E-state index contributed by atoms with van der Waals surface area (Å²) in [5, 5.41) is 11.6. The number of hydrogen-bond acceptors (Lipinski definition) is 4. The molecule has 4 aromatic rings. The van der Waals surface area contributed by atoms with Crippen molar-refractivity contribution in [2.75, 3.05) is 30.8 Å². The second-order valence-corrected chi connectivity index (χ2v) is 10.3. The van der Waals surface area contributed by atoms with Crippen LogP contribution in [-0.2, 0) is 19.6 Å². The van der Waals surface area contributed by atoms with Gasteiger partial charge in [0.25, 0.3) is 0 Å². The number of pyridine rings is 1. The Bertz CT molecular complexity index is 1500. The quantitative estimate of drug-likeness (QED) is 0.306. The predicted molar refractivity (Wildman–Crippen MR) is 147 cm³/mol. The number of aromatic nitrogens is 3. The van der Waals surface area contributed by atoms with Crippen molar-refractivity contribution >= 4 is 28.3 Å². The lowest BCUT2D eigenvalue weighted by Crippen LogP contribution is -2.31. The Balaban J connectivity index is 1.29. The Kier molecular flexibility index (Phi) is 7.31. The second-order valence-electron chi connectivity index (χ2n) is 10.3. The van der Waals surface area contributed by atoms with Crippen LogP contribution in [0.3, 0.4) is 0 Å². The molecule has 1 saturated heterocycles. The lowest BCUT2D eigenvalue weighted by Gasteiger charge is -2.29. The molecule has 0 radical (unpaired) electrons. The van der Waals surface area contributed by atoms with Crippen molar-refractivity contribution in [3.63, 3.8) is 0 Å². The van der Waals surface area contributed by atoms with E-state index in [1.165, 1.54) is 12.1 Å². The average molecular weight is 537 g/mol. The lowest BCUT2D eigenvalue weighted by molar-refractivity contribution is -0.138. The van der Waals surface area contributed by atoms with Crippen LogP contribution in [0.2, 0.25) is 0 Å².